The van der Waals surface area contributed by atoms with Crippen molar-refractivity contribution in [2.45, 2.75) is 58.3 Å². The average Bonchev–Trinajstić information content (AvgIpc) is 2.94. The molecule has 0 bridgehead atoms. The Morgan fingerprint density at radius 2 is 1.90 bits per heavy atom. The number of guanidine groups is 1. The van der Waals surface area contributed by atoms with Crippen LogP contribution in [0.4, 0.5) is 0 Å². The zero-order valence-electron chi connectivity index (χ0n) is 14.0. The Labute approximate surface area is 129 Å². The molecule has 1 rings (SSSR count). The second-order valence-corrected chi connectivity index (χ2v) is 6.38. The Hall–Kier alpha value is -1.26. The van der Waals surface area contributed by atoms with Gasteiger partial charge in [-0.1, -0.05) is 39.0 Å². The van der Waals surface area contributed by atoms with Crippen LogP contribution in [-0.2, 0) is 4.79 Å². The van der Waals surface area contributed by atoms with Crippen LogP contribution in [-0.4, -0.2) is 44.0 Å². The molecular formula is C16H32N4O. The summed E-state index contributed by atoms with van der Waals surface area (Å²) >= 11 is 0. The first-order chi connectivity index (χ1) is 10.0. The van der Waals surface area contributed by atoms with Gasteiger partial charge in [0.2, 0.25) is 5.91 Å². The first kappa shape index (κ1) is 17.8. The van der Waals surface area contributed by atoms with E-state index in [9.17, 15) is 4.79 Å². The van der Waals surface area contributed by atoms with Gasteiger partial charge in [-0.05, 0) is 19.3 Å². The minimum atomic E-state index is -0.321. The summed E-state index contributed by atoms with van der Waals surface area (Å²) in [7, 11) is 3.64. The van der Waals surface area contributed by atoms with Gasteiger partial charge in [0.1, 0.15) is 0 Å². The van der Waals surface area contributed by atoms with Crippen molar-refractivity contribution in [2.75, 3.05) is 27.2 Å². The van der Waals surface area contributed by atoms with Crippen molar-refractivity contribution in [3.05, 3.63) is 0 Å². The summed E-state index contributed by atoms with van der Waals surface area (Å²) in [5, 5.41) is 3.15. The fraction of sp³-hybridized carbons (Fsp3) is 0.875. The number of rotatable bonds is 8. The molecule has 5 heteroatoms. The Morgan fingerprint density at radius 3 is 2.48 bits per heavy atom. The monoisotopic (exact) mass is 296 g/mol. The van der Waals surface area contributed by atoms with Gasteiger partial charge >= 0.3 is 0 Å². The summed E-state index contributed by atoms with van der Waals surface area (Å²) in [6.07, 6.45) is 8.91. The SMILES string of the molecule is CCCCCCNC(N)=NCC1(C(=O)N(C)C)CCCC1. The number of nitrogens with one attached hydrogen (secondary N) is 1. The molecule has 1 fully saturated rings. The van der Waals surface area contributed by atoms with Gasteiger partial charge in [0, 0.05) is 20.6 Å². The average molecular weight is 296 g/mol. The minimum Gasteiger partial charge on any atom is -0.370 e. The molecular weight excluding hydrogens is 264 g/mol. The number of unbranched alkanes of at least 4 members (excludes halogenated alkanes) is 3. The summed E-state index contributed by atoms with van der Waals surface area (Å²) in [4.78, 5) is 18.5. The van der Waals surface area contributed by atoms with Crippen molar-refractivity contribution in [2.24, 2.45) is 16.1 Å². The number of carbonyl (C=O) groups excluding carboxylic acids is 1. The van der Waals surface area contributed by atoms with Gasteiger partial charge in [-0.15, -0.1) is 0 Å². The van der Waals surface area contributed by atoms with Crippen molar-refractivity contribution in [1.82, 2.24) is 10.2 Å². The molecule has 1 amide bonds. The van der Waals surface area contributed by atoms with E-state index in [4.69, 9.17) is 5.73 Å². The third-order valence-electron chi connectivity index (χ3n) is 4.31. The summed E-state index contributed by atoms with van der Waals surface area (Å²) < 4.78 is 0. The van der Waals surface area contributed by atoms with E-state index in [0.717, 1.165) is 38.6 Å². The fourth-order valence-corrected chi connectivity index (χ4v) is 3.03. The number of nitrogens with zero attached hydrogens (tertiary/aromatic N) is 2. The zero-order valence-corrected chi connectivity index (χ0v) is 14.0. The normalized spacial score (nSPS) is 17.8. The molecule has 3 N–H and O–H groups in total. The second-order valence-electron chi connectivity index (χ2n) is 6.38. The maximum absolute atomic E-state index is 12.4. The van der Waals surface area contributed by atoms with E-state index in [-0.39, 0.29) is 11.3 Å². The Balaban J connectivity index is 2.45. The predicted octanol–water partition coefficient (Wildman–Crippen LogP) is 2.12. The molecule has 0 aromatic carbocycles. The smallest absolute Gasteiger partial charge is 0.230 e. The molecule has 1 saturated carbocycles. The summed E-state index contributed by atoms with van der Waals surface area (Å²) in [5.74, 6) is 0.670. The molecule has 0 aromatic heterocycles. The van der Waals surface area contributed by atoms with Gasteiger partial charge in [-0.25, -0.2) is 0 Å². The molecule has 0 saturated heterocycles. The molecule has 0 aromatic rings. The maximum Gasteiger partial charge on any atom is 0.230 e. The van der Waals surface area contributed by atoms with E-state index in [0.29, 0.717) is 12.5 Å². The lowest BCUT2D eigenvalue weighted by molar-refractivity contribution is -0.138. The highest BCUT2D eigenvalue weighted by molar-refractivity contribution is 5.84. The van der Waals surface area contributed by atoms with E-state index < -0.39 is 0 Å². The Bertz CT molecular complexity index is 346. The molecule has 0 aliphatic heterocycles. The summed E-state index contributed by atoms with van der Waals surface area (Å²) in [6, 6.07) is 0. The largest absolute Gasteiger partial charge is 0.370 e. The van der Waals surface area contributed by atoms with Crippen LogP contribution in [0.2, 0.25) is 0 Å². The van der Waals surface area contributed by atoms with Crippen molar-refractivity contribution < 1.29 is 4.79 Å². The van der Waals surface area contributed by atoms with E-state index in [1.807, 2.05) is 14.1 Å². The predicted molar refractivity (Wildman–Crippen MR) is 88.2 cm³/mol. The van der Waals surface area contributed by atoms with Gasteiger partial charge in [-0.2, -0.15) is 0 Å². The van der Waals surface area contributed by atoms with Crippen LogP contribution in [0.5, 0.6) is 0 Å². The third kappa shape index (κ3) is 5.56. The van der Waals surface area contributed by atoms with E-state index in [1.54, 1.807) is 4.90 Å². The van der Waals surface area contributed by atoms with Crippen LogP contribution in [0.1, 0.15) is 58.3 Å². The van der Waals surface area contributed by atoms with E-state index in [2.05, 4.69) is 17.2 Å². The highest BCUT2D eigenvalue weighted by atomic mass is 16.2. The molecule has 5 nitrogen and oxygen atoms in total. The van der Waals surface area contributed by atoms with Crippen molar-refractivity contribution in [3.63, 3.8) is 0 Å². The van der Waals surface area contributed by atoms with Crippen LogP contribution in [0.15, 0.2) is 4.99 Å². The lowest BCUT2D eigenvalue weighted by Crippen LogP contribution is -2.42. The second kappa shape index (κ2) is 8.90. The maximum atomic E-state index is 12.4. The van der Waals surface area contributed by atoms with Crippen molar-refractivity contribution in [3.8, 4) is 0 Å². The number of nitrogens with two attached hydrogens (primary N) is 1. The van der Waals surface area contributed by atoms with Gasteiger partial charge in [0.05, 0.1) is 12.0 Å². The first-order valence-corrected chi connectivity index (χ1v) is 8.27. The molecule has 0 radical (unpaired) electrons. The lowest BCUT2D eigenvalue weighted by atomic mass is 9.85. The number of hydrogen-bond donors (Lipinski definition) is 2. The molecule has 21 heavy (non-hydrogen) atoms. The molecule has 122 valence electrons. The van der Waals surface area contributed by atoms with E-state index in [1.165, 1.54) is 19.3 Å². The van der Waals surface area contributed by atoms with Crippen LogP contribution in [0, 0.1) is 5.41 Å². The van der Waals surface area contributed by atoms with Gasteiger partial charge < -0.3 is 16.0 Å². The molecule has 0 heterocycles. The lowest BCUT2D eigenvalue weighted by Gasteiger charge is -2.29. The number of carbonyl (C=O) groups is 1. The van der Waals surface area contributed by atoms with Crippen LogP contribution in [0.3, 0.4) is 0 Å². The number of amides is 1. The minimum absolute atomic E-state index is 0.194. The van der Waals surface area contributed by atoms with Crippen LogP contribution in [0.25, 0.3) is 0 Å². The molecule has 0 atom stereocenters. The van der Waals surface area contributed by atoms with E-state index >= 15 is 0 Å². The van der Waals surface area contributed by atoms with Gasteiger partial charge in [-0.3, -0.25) is 9.79 Å². The molecule has 0 spiro atoms. The number of aliphatic imine (C=N–C) groups is 1. The Morgan fingerprint density at radius 1 is 1.24 bits per heavy atom. The summed E-state index contributed by atoms with van der Waals surface area (Å²) in [6.45, 7) is 3.58. The summed E-state index contributed by atoms with van der Waals surface area (Å²) in [5.41, 5.74) is 5.59. The topological polar surface area (TPSA) is 70.7 Å². The van der Waals surface area contributed by atoms with Gasteiger partial charge in [0.15, 0.2) is 5.96 Å². The van der Waals surface area contributed by atoms with Crippen LogP contribution >= 0.6 is 0 Å². The highest BCUT2D eigenvalue weighted by Crippen LogP contribution is 2.39. The zero-order chi connectivity index (χ0) is 15.7. The van der Waals surface area contributed by atoms with Gasteiger partial charge in [0.25, 0.3) is 0 Å². The quantitative estimate of drug-likeness (QED) is 0.409. The Kier molecular flexibility index (Phi) is 7.54. The standard InChI is InChI=1S/C16H32N4O/c1-4-5-6-9-12-18-15(17)19-13-16(10-7-8-11-16)14(21)20(2)3/h4-13H2,1-3H3,(H3,17,18,19). The molecule has 1 aliphatic carbocycles. The highest BCUT2D eigenvalue weighted by Gasteiger charge is 2.41. The fourth-order valence-electron chi connectivity index (χ4n) is 3.03. The van der Waals surface area contributed by atoms with Crippen molar-refractivity contribution in [1.29, 1.82) is 0 Å². The van der Waals surface area contributed by atoms with Crippen molar-refractivity contribution >= 4 is 11.9 Å². The molecule has 0 unspecified atom stereocenters. The number of hydrogen-bond acceptors (Lipinski definition) is 2. The third-order valence-corrected chi connectivity index (χ3v) is 4.31. The van der Waals surface area contributed by atoms with Crippen LogP contribution < -0.4 is 11.1 Å². The molecule has 1 aliphatic rings. The first-order valence-electron chi connectivity index (χ1n) is 8.27.